The van der Waals surface area contributed by atoms with Crippen molar-refractivity contribution in [3.05, 3.63) is 78.4 Å². The van der Waals surface area contributed by atoms with E-state index in [9.17, 15) is 10.1 Å². The van der Waals surface area contributed by atoms with Gasteiger partial charge in [0.05, 0.1) is 23.4 Å². The van der Waals surface area contributed by atoms with Crippen LogP contribution in [0, 0.1) is 11.3 Å². The molecule has 1 aromatic heterocycles. The van der Waals surface area contributed by atoms with Gasteiger partial charge in [-0.1, -0.05) is 30.3 Å². The molecule has 0 bridgehead atoms. The molecule has 178 valence electrons. The first kappa shape index (κ1) is 23.9. The Morgan fingerprint density at radius 2 is 1.74 bits per heavy atom. The van der Waals surface area contributed by atoms with E-state index >= 15 is 0 Å². The number of hydrogen-bond donors (Lipinski definition) is 1. The monoisotopic (exact) mass is 469 g/mol. The summed E-state index contributed by atoms with van der Waals surface area (Å²) in [6, 6.07) is 24.5. The molecule has 0 aliphatic rings. The molecule has 0 aliphatic heterocycles. The molecule has 1 N–H and O–H groups in total. The highest BCUT2D eigenvalue weighted by molar-refractivity contribution is 5.96. The van der Waals surface area contributed by atoms with E-state index in [4.69, 9.17) is 14.2 Å². The maximum Gasteiger partial charge on any atom is 0.417 e. The molecule has 3 aromatic carbocycles. The fourth-order valence-corrected chi connectivity index (χ4v) is 4.01. The van der Waals surface area contributed by atoms with E-state index in [1.165, 1.54) is 0 Å². The molecule has 0 aliphatic carbocycles. The molecule has 4 rings (SSSR count). The maximum absolute atomic E-state index is 12.2. The van der Waals surface area contributed by atoms with E-state index in [0.717, 1.165) is 27.9 Å². The fraction of sp³-hybridized carbons (Fsp3) is 0.214. The second-order valence-electron chi connectivity index (χ2n) is 8.22. The number of benzene rings is 3. The highest BCUT2D eigenvalue weighted by Crippen LogP contribution is 2.38. The number of rotatable bonds is 8. The van der Waals surface area contributed by atoms with Crippen LogP contribution in [0.4, 0.5) is 10.5 Å². The van der Waals surface area contributed by atoms with Gasteiger partial charge in [0.1, 0.15) is 24.2 Å². The predicted molar refractivity (Wildman–Crippen MR) is 136 cm³/mol. The van der Waals surface area contributed by atoms with E-state index in [2.05, 4.69) is 29.8 Å². The highest BCUT2D eigenvalue weighted by Gasteiger charge is 2.21. The van der Waals surface area contributed by atoms with Crippen molar-refractivity contribution < 1.29 is 19.0 Å². The lowest BCUT2D eigenvalue weighted by Crippen LogP contribution is -2.16. The van der Waals surface area contributed by atoms with Gasteiger partial charge in [-0.3, -0.25) is 5.32 Å². The summed E-state index contributed by atoms with van der Waals surface area (Å²) in [5.41, 5.74) is 3.81. The van der Waals surface area contributed by atoms with Crippen LogP contribution in [0.1, 0.15) is 25.5 Å². The average Bonchev–Trinajstić information content (AvgIpc) is 3.19. The minimum Gasteiger partial charge on any atom is -0.491 e. The van der Waals surface area contributed by atoms with Gasteiger partial charge in [-0.05, 0) is 55.8 Å². The van der Waals surface area contributed by atoms with Crippen LogP contribution in [0.3, 0.4) is 0 Å². The van der Waals surface area contributed by atoms with E-state index in [-0.39, 0.29) is 6.04 Å². The van der Waals surface area contributed by atoms with Crippen LogP contribution >= 0.6 is 0 Å². The van der Waals surface area contributed by atoms with Gasteiger partial charge in [0.2, 0.25) is 0 Å². The molecule has 0 saturated carbocycles. The molecule has 0 spiro atoms. The molecule has 0 atom stereocenters. The third-order valence-corrected chi connectivity index (χ3v) is 5.52. The number of nitriles is 1. The number of amides is 1. The zero-order chi connectivity index (χ0) is 24.8. The lowest BCUT2D eigenvalue weighted by Gasteiger charge is -2.16. The number of carbonyl (C=O) groups excluding carboxylic acids is 1. The summed E-state index contributed by atoms with van der Waals surface area (Å²) in [7, 11) is 1.63. The van der Waals surface area contributed by atoms with Crippen molar-refractivity contribution >= 4 is 22.7 Å². The van der Waals surface area contributed by atoms with Gasteiger partial charge < -0.3 is 18.8 Å². The number of para-hydroxylation sites is 1. The fourth-order valence-electron chi connectivity index (χ4n) is 4.01. The Kier molecular flexibility index (Phi) is 7.34. The summed E-state index contributed by atoms with van der Waals surface area (Å²) in [5, 5.41) is 13.6. The first-order valence-corrected chi connectivity index (χ1v) is 11.4. The Labute approximate surface area is 204 Å². The second-order valence-corrected chi connectivity index (χ2v) is 8.22. The number of nitrogens with zero attached hydrogens (tertiary/aromatic N) is 2. The summed E-state index contributed by atoms with van der Waals surface area (Å²) in [5.74, 6) is 1.19. The number of aromatic nitrogens is 1. The molecular formula is C28H27N3O4. The summed E-state index contributed by atoms with van der Waals surface area (Å²) in [6.45, 7) is 5.11. The SMILES string of the molecule is COCCOc1ccc2c(C#N)c(-c3ccc(NC(=O)Oc4ccccc4)cc3)n(C(C)C)c2c1. The molecular weight excluding hydrogens is 442 g/mol. The lowest BCUT2D eigenvalue weighted by atomic mass is 10.1. The van der Waals surface area contributed by atoms with Gasteiger partial charge in [0.25, 0.3) is 0 Å². The number of nitrogens with one attached hydrogen (secondary N) is 1. The number of carbonyl (C=O) groups is 1. The van der Waals surface area contributed by atoms with Crippen molar-refractivity contribution in [1.29, 1.82) is 5.26 Å². The minimum absolute atomic E-state index is 0.0995. The van der Waals surface area contributed by atoms with Crippen LogP contribution in [0.15, 0.2) is 72.8 Å². The van der Waals surface area contributed by atoms with Crippen LogP contribution in [0.25, 0.3) is 22.2 Å². The van der Waals surface area contributed by atoms with Gasteiger partial charge in [-0.2, -0.15) is 5.26 Å². The number of anilines is 1. The Bertz CT molecular complexity index is 1350. The number of methoxy groups -OCH3 is 1. The molecule has 35 heavy (non-hydrogen) atoms. The van der Waals surface area contributed by atoms with Gasteiger partial charge in [0.15, 0.2) is 0 Å². The minimum atomic E-state index is -0.570. The van der Waals surface area contributed by atoms with Crippen molar-refractivity contribution in [2.75, 3.05) is 25.6 Å². The zero-order valence-electron chi connectivity index (χ0n) is 19.9. The normalized spacial score (nSPS) is 10.8. The molecule has 0 unspecified atom stereocenters. The third kappa shape index (κ3) is 5.29. The molecule has 1 amide bonds. The van der Waals surface area contributed by atoms with Crippen LogP contribution in [0.5, 0.6) is 11.5 Å². The largest absolute Gasteiger partial charge is 0.491 e. The molecule has 1 heterocycles. The summed E-state index contributed by atoms with van der Waals surface area (Å²) in [6.07, 6.45) is -0.570. The molecule has 4 aromatic rings. The second kappa shape index (κ2) is 10.8. The van der Waals surface area contributed by atoms with Gasteiger partial charge >= 0.3 is 6.09 Å². The van der Waals surface area contributed by atoms with Crippen LogP contribution in [-0.4, -0.2) is 31.0 Å². The third-order valence-electron chi connectivity index (χ3n) is 5.52. The van der Waals surface area contributed by atoms with Gasteiger partial charge in [-0.25, -0.2) is 4.79 Å². The van der Waals surface area contributed by atoms with E-state index in [1.54, 1.807) is 43.5 Å². The quantitative estimate of drug-likeness (QED) is 0.302. The highest BCUT2D eigenvalue weighted by atomic mass is 16.6. The van der Waals surface area contributed by atoms with E-state index in [0.29, 0.717) is 30.2 Å². The molecule has 0 radical (unpaired) electrons. The standard InChI is InChI=1S/C28H27N3O4/c1-19(2)31-26-17-23(34-16-15-33-3)13-14-24(26)25(18-29)27(31)20-9-11-21(12-10-20)30-28(32)35-22-7-5-4-6-8-22/h4-14,17,19H,15-16H2,1-3H3,(H,30,32). The van der Waals surface area contributed by atoms with Crippen molar-refractivity contribution in [3.8, 4) is 28.8 Å². The Hall–Kier alpha value is -4.28. The smallest absolute Gasteiger partial charge is 0.417 e. The summed E-state index contributed by atoms with van der Waals surface area (Å²) >= 11 is 0. The molecule has 7 heteroatoms. The van der Waals surface area contributed by atoms with Crippen molar-refractivity contribution in [3.63, 3.8) is 0 Å². The zero-order valence-corrected chi connectivity index (χ0v) is 19.9. The molecule has 0 fully saturated rings. The van der Waals surface area contributed by atoms with Gasteiger partial charge in [-0.15, -0.1) is 0 Å². The predicted octanol–water partition coefficient (Wildman–Crippen LogP) is 6.40. The maximum atomic E-state index is 12.2. The average molecular weight is 470 g/mol. The van der Waals surface area contributed by atoms with E-state index < -0.39 is 6.09 Å². The van der Waals surface area contributed by atoms with Gasteiger partial charge in [0, 0.05) is 30.3 Å². The van der Waals surface area contributed by atoms with Crippen molar-refractivity contribution in [1.82, 2.24) is 4.57 Å². The summed E-state index contributed by atoms with van der Waals surface area (Å²) in [4.78, 5) is 12.2. The number of fused-ring (bicyclic) bond motifs is 1. The Morgan fingerprint density at radius 3 is 2.40 bits per heavy atom. The molecule has 0 saturated heterocycles. The van der Waals surface area contributed by atoms with Crippen LogP contribution in [-0.2, 0) is 4.74 Å². The first-order chi connectivity index (χ1) is 17.0. The Balaban J connectivity index is 1.64. The number of hydrogen-bond acceptors (Lipinski definition) is 5. The topological polar surface area (TPSA) is 85.5 Å². The van der Waals surface area contributed by atoms with Crippen LogP contribution in [0.2, 0.25) is 0 Å². The molecule has 7 nitrogen and oxygen atoms in total. The number of ether oxygens (including phenoxy) is 3. The van der Waals surface area contributed by atoms with Crippen molar-refractivity contribution in [2.45, 2.75) is 19.9 Å². The van der Waals surface area contributed by atoms with E-state index in [1.807, 2.05) is 36.4 Å². The first-order valence-electron chi connectivity index (χ1n) is 11.4. The lowest BCUT2D eigenvalue weighted by molar-refractivity contribution is 0.146. The summed E-state index contributed by atoms with van der Waals surface area (Å²) < 4.78 is 18.3. The van der Waals surface area contributed by atoms with Crippen molar-refractivity contribution in [2.24, 2.45) is 0 Å². The van der Waals surface area contributed by atoms with Crippen LogP contribution < -0.4 is 14.8 Å². The Morgan fingerprint density at radius 1 is 1.00 bits per heavy atom.